The molecule has 3 nitrogen and oxygen atoms in total. The zero-order valence-corrected chi connectivity index (χ0v) is 11.5. The van der Waals surface area contributed by atoms with Crippen LogP contribution in [0, 0.1) is 0 Å². The first kappa shape index (κ1) is 14.6. The van der Waals surface area contributed by atoms with E-state index in [0.29, 0.717) is 6.61 Å². The van der Waals surface area contributed by atoms with Gasteiger partial charge in [0.15, 0.2) is 0 Å². The van der Waals surface area contributed by atoms with Crippen LogP contribution in [0.15, 0.2) is 35.2 Å². The van der Waals surface area contributed by atoms with E-state index in [2.05, 4.69) is 0 Å². The van der Waals surface area contributed by atoms with Gasteiger partial charge in [-0.2, -0.15) is 0 Å². The number of carbonyl (C=O) groups excluding carboxylic acids is 1. The average Bonchev–Trinajstić information content (AvgIpc) is 2.37. The van der Waals surface area contributed by atoms with E-state index in [1.165, 1.54) is 6.08 Å². The largest absolute Gasteiger partial charge is 0.463 e. The van der Waals surface area contributed by atoms with Gasteiger partial charge in [0.05, 0.1) is 17.4 Å². The molecule has 0 amide bonds. The minimum absolute atomic E-state index is 0.361. The maximum Gasteiger partial charge on any atom is 0.330 e. The Hall–Kier alpha value is -1.42. The first-order valence-corrected chi connectivity index (χ1v) is 7.48. The second-order valence-electron chi connectivity index (χ2n) is 3.85. The first-order chi connectivity index (χ1) is 8.65. The van der Waals surface area contributed by atoms with E-state index >= 15 is 0 Å². The highest BCUT2D eigenvalue weighted by Gasteiger charge is 2.03. The molecule has 0 saturated heterocycles. The van der Waals surface area contributed by atoms with E-state index in [9.17, 15) is 9.00 Å². The van der Waals surface area contributed by atoms with Crippen LogP contribution in [0.25, 0.3) is 6.08 Å². The van der Waals surface area contributed by atoms with Crippen molar-refractivity contribution in [3.8, 4) is 0 Å². The Morgan fingerprint density at radius 2 is 2.11 bits per heavy atom. The number of benzene rings is 1. The van der Waals surface area contributed by atoms with Crippen molar-refractivity contribution in [3.05, 3.63) is 35.9 Å². The van der Waals surface area contributed by atoms with Crippen LogP contribution in [0.5, 0.6) is 0 Å². The fourth-order valence-electron chi connectivity index (χ4n) is 1.40. The average molecular weight is 266 g/mol. The summed E-state index contributed by atoms with van der Waals surface area (Å²) in [5.74, 6) is -0.361. The lowest BCUT2D eigenvalue weighted by atomic mass is 10.2. The minimum atomic E-state index is -1.07. The van der Waals surface area contributed by atoms with Gasteiger partial charge in [-0.3, -0.25) is 4.21 Å². The molecule has 0 saturated carbocycles. The summed E-state index contributed by atoms with van der Waals surface area (Å²) in [6, 6.07) is 7.29. The summed E-state index contributed by atoms with van der Waals surface area (Å²) in [6.07, 6.45) is 6.50. The number of ether oxygens (including phenoxy) is 1. The fourth-order valence-corrected chi connectivity index (χ4v) is 2.14. The van der Waals surface area contributed by atoms with E-state index < -0.39 is 10.8 Å². The lowest BCUT2D eigenvalue weighted by molar-refractivity contribution is -0.137. The maximum absolute atomic E-state index is 11.5. The molecule has 0 aromatic heterocycles. The Balaban J connectivity index is 2.66. The van der Waals surface area contributed by atoms with E-state index in [4.69, 9.17) is 4.74 Å². The van der Waals surface area contributed by atoms with Crippen LogP contribution in [-0.4, -0.2) is 23.0 Å². The molecule has 1 atom stereocenters. The molecule has 0 bridgehead atoms. The molecule has 1 aromatic rings. The molecule has 0 aliphatic rings. The van der Waals surface area contributed by atoms with Crippen molar-refractivity contribution in [2.24, 2.45) is 0 Å². The number of hydrogen-bond donors (Lipinski definition) is 0. The summed E-state index contributed by atoms with van der Waals surface area (Å²) in [4.78, 5) is 12.1. The van der Waals surface area contributed by atoms with Gasteiger partial charge in [-0.25, -0.2) is 4.79 Å². The van der Waals surface area contributed by atoms with Gasteiger partial charge >= 0.3 is 5.97 Å². The molecule has 1 unspecified atom stereocenters. The molecule has 0 heterocycles. The lowest BCUT2D eigenvalue weighted by Crippen LogP contribution is -2.01. The molecule has 98 valence electrons. The highest BCUT2D eigenvalue weighted by atomic mass is 32.2. The molecule has 0 fully saturated rings. The Bertz CT molecular complexity index is 452. The van der Waals surface area contributed by atoms with Crippen molar-refractivity contribution in [1.29, 1.82) is 0 Å². The van der Waals surface area contributed by atoms with Gasteiger partial charge in [-0.05, 0) is 24.1 Å². The summed E-state index contributed by atoms with van der Waals surface area (Å²) >= 11 is 0. The third-order valence-electron chi connectivity index (χ3n) is 2.37. The second-order valence-corrected chi connectivity index (χ2v) is 5.19. The first-order valence-electron chi connectivity index (χ1n) is 5.92. The number of unbranched alkanes of at least 4 members (excludes halogenated alkanes) is 1. The Kier molecular flexibility index (Phi) is 6.36. The smallest absolute Gasteiger partial charge is 0.330 e. The van der Waals surface area contributed by atoms with Gasteiger partial charge in [0.25, 0.3) is 0 Å². The third kappa shape index (κ3) is 4.84. The molecule has 0 spiro atoms. The van der Waals surface area contributed by atoms with Crippen molar-refractivity contribution < 1.29 is 13.7 Å². The predicted octanol–water partition coefficient (Wildman–Crippen LogP) is 2.78. The van der Waals surface area contributed by atoms with Crippen LogP contribution in [0.4, 0.5) is 0 Å². The highest BCUT2D eigenvalue weighted by molar-refractivity contribution is 7.84. The second kappa shape index (κ2) is 7.82. The fraction of sp³-hybridized carbons (Fsp3) is 0.357. The molecular weight excluding hydrogens is 248 g/mol. The standard InChI is InChI=1S/C14H18O3S/c1-3-4-11-17-14(15)10-9-12-7-5-6-8-13(12)18(2)16/h5-10H,3-4,11H2,1-2H3/b10-9+. The Labute approximate surface area is 110 Å². The van der Waals surface area contributed by atoms with Crippen LogP contribution >= 0.6 is 0 Å². The van der Waals surface area contributed by atoms with Crippen molar-refractivity contribution >= 4 is 22.8 Å². The highest BCUT2D eigenvalue weighted by Crippen LogP contribution is 2.14. The molecule has 0 radical (unpaired) electrons. The zero-order chi connectivity index (χ0) is 13.4. The van der Waals surface area contributed by atoms with Gasteiger partial charge in [0.1, 0.15) is 0 Å². The van der Waals surface area contributed by atoms with Crippen molar-refractivity contribution in [3.63, 3.8) is 0 Å². The molecule has 0 N–H and O–H groups in total. The van der Waals surface area contributed by atoms with Crippen molar-refractivity contribution in [1.82, 2.24) is 0 Å². The summed E-state index contributed by atoms with van der Waals surface area (Å²) in [5, 5.41) is 0. The van der Waals surface area contributed by atoms with Crippen LogP contribution < -0.4 is 0 Å². The zero-order valence-electron chi connectivity index (χ0n) is 10.7. The number of carbonyl (C=O) groups is 1. The molecule has 0 aliphatic heterocycles. The molecule has 4 heteroatoms. The minimum Gasteiger partial charge on any atom is -0.463 e. The lowest BCUT2D eigenvalue weighted by Gasteiger charge is -2.02. The molecule has 0 aliphatic carbocycles. The molecular formula is C14H18O3S. The van der Waals surface area contributed by atoms with Gasteiger partial charge in [-0.1, -0.05) is 31.5 Å². The number of hydrogen-bond acceptors (Lipinski definition) is 3. The van der Waals surface area contributed by atoms with Crippen molar-refractivity contribution in [2.45, 2.75) is 24.7 Å². The van der Waals surface area contributed by atoms with E-state index in [-0.39, 0.29) is 5.97 Å². The van der Waals surface area contributed by atoms with Gasteiger partial charge < -0.3 is 4.74 Å². The predicted molar refractivity (Wildman–Crippen MR) is 73.7 cm³/mol. The monoisotopic (exact) mass is 266 g/mol. The van der Waals surface area contributed by atoms with E-state index in [0.717, 1.165) is 23.3 Å². The summed E-state index contributed by atoms with van der Waals surface area (Å²) in [6.45, 7) is 2.48. The quantitative estimate of drug-likeness (QED) is 0.452. The maximum atomic E-state index is 11.5. The van der Waals surface area contributed by atoms with Gasteiger partial charge in [0, 0.05) is 17.2 Å². The van der Waals surface area contributed by atoms with Crippen LogP contribution in [-0.2, 0) is 20.3 Å². The third-order valence-corrected chi connectivity index (χ3v) is 3.36. The van der Waals surface area contributed by atoms with E-state index in [1.54, 1.807) is 18.4 Å². The SMILES string of the molecule is CCCCOC(=O)/C=C/c1ccccc1S(C)=O. The summed E-state index contributed by atoms with van der Waals surface area (Å²) in [5.41, 5.74) is 0.783. The topological polar surface area (TPSA) is 43.4 Å². The summed E-state index contributed by atoms with van der Waals surface area (Å²) < 4.78 is 16.5. The molecule has 1 rings (SSSR count). The van der Waals surface area contributed by atoms with Gasteiger partial charge in [0.2, 0.25) is 0 Å². The Morgan fingerprint density at radius 1 is 1.39 bits per heavy atom. The number of esters is 1. The Morgan fingerprint density at radius 3 is 2.78 bits per heavy atom. The van der Waals surface area contributed by atoms with Crippen molar-refractivity contribution in [2.75, 3.05) is 12.9 Å². The normalized spacial score (nSPS) is 12.6. The van der Waals surface area contributed by atoms with E-state index in [1.807, 2.05) is 25.1 Å². The van der Waals surface area contributed by atoms with Gasteiger partial charge in [-0.15, -0.1) is 0 Å². The van der Waals surface area contributed by atoms with Crippen LogP contribution in [0.1, 0.15) is 25.3 Å². The summed E-state index contributed by atoms with van der Waals surface area (Å²) in [7, 11) is -1.07. The molecule has 18 heavy (non-hydrogen) atoms. The number of rotatable bonds is 6. The van der Waals surface area contributed by atoms with Crippen LogP contribution in [0.3, 0.4) is 0 Å². The molecule has 1 aromatic carbocycles. The van der Waals surface area contributed by atoms with Crippen LogP contribution in [0.2, 0.25) is 0 Å².